The van der Waals surface area contributed by atoms with Crippen molar-refractivity contribution in [2.75, 3.05) is 0 Å². The van der Waals surface area contributed by atoms with Crippen LogP contribution in [0.25, 0.3) is 0 Å². The minimum Gasteiger partial charge on any atom is -0.481 e. The zero-order chi connectivity index (χ0) is 12.8. The van der Waals surface area contributed by atoms with E-state index in [4.69, 9.17) is 10.2 Å². The minimum absolute atomic E-state index is 0.313. The Kier molecular flexibility index (Phi) is 4.46. The van der Waals surface area contributed by atoms with E-state index in [1.165, 1.54) is 6.08 Å². The second-order valence-electron chi connectivity index (χ2n) is 3.70. The lowest BCUT2D eigenvalue weighted by Crippen LogP contribution is -2.29. The smallest absolute Gasteiger partial charge is 0.318 e. The number of carboxylic acid groups (broad SMARTS) is 2. The molecule has 1 aromatic carbocycles. The Balaban J connectivity index is 3.11. The van der Waals surface area contributed by atoms with Crippen molar-refractivity contribution in [2.24, 2.45) is 5.92 Å². The molecule has 4 nitrogen and oxygen atoms in total. The molecule has 0 saturated heterocycles. The normalized spacial score (nSPS) is 12.1. The molecule has 0 heterocycles. The third-order valence-corrected chi connectivity index (χ3v) is 2.58. The first-order valence-electron chi connectivity index (χ1n) is 5.19. The van der Waals surface area contributed by atoms with Crippen molar-refractivity contribution in [3.05, 3.63) is 48.6 Å². The summed E-state index contributed by atoms with van der Waals surface area (Å²) < 4.78 is 0. The summed E-state index contributed by atoms with van der Waals surface area (Å²) in [5.41, 5.74) is 0.696. The Bertz CT molecular complexity index is 397. The Morgan fingerprint density at radius 3 is 2.12 bits per heavy atom. The minimum atomic E-state index is -1.45. The Morgan fingerprint density at radius 2 is 1.71 bits per heavy atom. The third-order valence-electron chi connectivity index (χ3n) is 2.58. The third kappa shape index (κ3) is 3.17. The Labute approximate surface area is 99.2 Å². The summed E-state index contributed by atoms with van der Waals surface area (Å²) in [5, 5.41) is 18.0. The fourth-order valence-corrected chi connectivity index (χ4v) is 1.79. The number of benzene rings is 1. The van der Waals surface area contributed by atoms with Crippen LogP contribution in [0.3, 0.4) is 0 Å². The molecule has 90 valence electrons. The van der Waals surface area contributed by atoms with Gasteiger partial charge in [-0.1, -0.05) is 36.4 Å². The van der Waals surface area contributed by atoms with Gasteiger partial charge in [0.1, 0.15) is 0 Å². The molecular formula is C13H14O4. The molecule has 0 aliphatic carbocycles. The first-order chi connectivity index (χ1) is 8.07. The lowest BCUT2D eigenvalue weighted by molar-refractivity contribution is -0.155. The fourth-order valence-electron chi connectivity index (χ4n) is 1.79. The molecule has 1 atom stereocenters. The Hall–Kier alpha value is -2.10. The number of allylic oxidation sites excluding steroid dienone is 1. The fraction of sp³-hybridized carbons (Fsp3) is 0.231. The average molecular weight is 234 g/mol. The van der Waals surface area contributed by atoms with Crippen molar-refractivity contribution in [1.82, 2.24) is 0 Å². The molecule has 1 aromatic rings. The molecule has 1 rings (SSSR count). The van der Waals surface area contributed by atoms with Gasteiger partial charge in [-0.25, -0.2) is 0 Å². The molecule has 0 aromatic heterocycles. The van der Waals surface area contributed by atoms with E-state index >= 15 is 0 Å². The van der Waals surface area contributed by atoms with Crippen LogP contribution < -0.4 is 0 Å². The summed E-state index contributed by atoms with van der Waals surface area (Å²) in [7, 11) is 0. The first-order valence-corrected chi connectivity index (χ1v) is 5.19. The maximum atomic E-state index is 11.0. The highest BCUT2D eigenvalue weighted by molar-refractivity contribution is 5.94. The summed E-state index contributed by atoms with van der Waals surface area (Å²) in [5.74, 6) is -4.69. The van der Waals surface area contributed by atoms with E-state index in [0.717, 1.165) is 0 Å². The van der Waals surface area contributed by atoms with E-state index in [1.807, 2.05) is 0 Å². The molecule has 17 heavy (non-hydrogen) atoms. The van der Waals surface area contributed by atoms with Crippen LogP contribution in [0.5, 0.6) is 0 Å². The SMILES string of the molecule is C=CCC(c1ccccc1)C(C(=O)O)C(=O)O. The standard InChI is InChI=1S/C13H14O4/c1-2-6-10(9-7-4-3-5-8-9)11(12(14)15)13(16)17/h2-5,7-8,10-11H,1,6H2,(H,14,15)(H,16,17). The van der Waals surface area contributed by atoms with Crippen molar-refractivity contribution in [3.8, 4) is 0 Å². The lowest BCUT2D eigenvalue weighted by atomic mass is 9.83. The first kappa shape index (κ1) is 13.0. The Morgan fingerprint density at radius 1 is 1.18 bits per heavy atom. The van der Waals surface area contributed by atoms with Crippen molar-refractivity contribution in [2.45, 2.75) is 12.3 Å². The molecule has 0 aliphatic rings. The summed E-state index contributed by atoms with van der Waals surface area (Å²) in [6, 6.07) is 8.77. The molecule has 0 amide bonds. The summed E-state index contributed by atoms with van der Waals surface area (Å²) in [4.78, 5) is 22.0. The monoisotopic (exact) mass is 234 g/mol. The molecule has 0 radical (unpaired) electrons. The van der Waals surface area contributed by atoms with Gasteiger partial charge in [-0.2, -0.15) is 0 Å². The molecule has 0 spiro atoms. The second-order valence-corrected chi connectivity index (χ2v) is 3.70. The van der Waals surface area contributed by atoms with Gasteiger partial charge in [0.15, 0.2) is 5.92 Å². The second kappa shape index (κ2) is 5.84. The number of rotatable bonds is 6. The van der Waals surface area contributed by atoms with E-state index in [0.29, 0.717) is 12.0 Å². The van der Waals surface area contributed by atoms with Crippen LogP contribution in [0.1, 0.15) is 17.9 Å². The average Bonchev–Trinajstić information content (AvgIpc) is 2.28. The van der Waals surface area contributed by atoms with Crippen LogP contribution in [0.4, 0.5) is 0 Å². The van der Waals surface area contributed by atoms with Crippen molar-refractivity contribution in [3.63, 3.8) is 0 Å². The van der Waals surface area contributed by atoms with Crippen LogP contribution in [-0.4, -0.2) is 22.2 Å². The van der Waals surface area contributed by atoms with Gasteiger partial charge in [-0.3, -0.25) is 9.59 Å². The molecule has 0 saturated carbocycles. The van der Waals surface area contributed by atoms with Gasteiger partial charge < -0.3 is 10.2 Å². The van der Waals surface area contributed by atoms with Crippen LogP contribution in [-0.2, 0) is 9.59 Å². The largest absolute Gasteiger partial charge is 0.481 e. The highest BCUT2D eigenvalue weighted by Gasteiger charge is 2.34. The van der Waals surface area contributed by atoms with Crippen molar-refractivity contribution < 1.29 is 19.8 Å². The van der Waals surface area contributed by atoms with Gasteiger partial charge in [0.25, 0.3) is 0 Å². The molecule has 0 bridgehead atoms. The molecule has 4 heteroatoms. The van der Waals surface area contributed by atoms with Gasteiger partial charge in [-0.05, 0) is 12.0 Å². The van der Waals surface area contributed by atoms with Crippen molar-refractivity contribution in [1.29, 1.82) is 0 Å². The van der Waals surface area contributed by atoms with E-state index < -0.39 is 23.8 Å². The number of aliphatic carboxylic acids is 2. The summed E-state index contributed by atoms with van der Waals surface area (Å²) in [6.07, 6.45) is 1.85. The van der Waals surface area contributed by atoms with E-state index in [9.17, 15) is 9.59 Å². The predicted octanol–water partition coefficient (Wildman–Crippen LogP) is 2.13. The zero-order valence-corrected chi connectivity index (χ0v) is 9.24. The van der Waals surface area contributed by atoms with Gasteiger partial charge in [0.05, 0.1) is 0 Å². The molecule has 0 fully saturated rings. The predicted molar refractivity (Wildman–Crippen MR) is 62.8 cm³/mol. The summed E-state index contributed by atoms with van der Waals surface area (Å²) in [6.45, 7) is 3.54. The number of hydrogen-bond donors (Lipinski definition) is 2. The van der Waals surface area contributed by atoms with Crippen LogP contribution in [0.15, 0.2) is 43.0 Å². The molecule has 2 N–H and O–H groups in total. The number of hydrogen-bond acceptors (Lipinski definition) is 2. The quantitative estimate of drug-likeness (QED) is 0.584. The highest BCUT2D eigenvalue weighted by Crippen LogP contribution is 2.29. The summed E-state index contributed by atoms with van der Waals surface area (Å²) >= 11 is 0. The number of carbonyl (C=O) groups is 2. The maximum absolute atomic E-state index is 11.0. The van der Waals surface area contributed by atoms with Gasteiger partial charge in [0.2, 0.25) is 0 Å². The molecular weight excluding hydrogens is 220 g/mol. The molecule has 0 aliphatic heterocycles. The zero-order valence-electron chi connectivity index (χ0n) is 9.24. The van der Waals surface area contributed by atoms with E-state index in [-0.39, 0.29) is 0 Å². The van der Waals surface area contributed by atoms with Crippen LogP contribution >= 0.6 is 0 Å². The highest BCUT2D eigenvalue weighted by atomic mass is 16.4. The van der Waals surface area contributed by atoms with Gasteiger partial charge >= 0.3 is 11.9 Å². The van der Waals surface area contributed by atoms with Crippen molar-refractivity contribution >= 4 is 11.9 Å². The number of carboxylic acids is 2. The van der Waals surface area contributed by atoms with Gasteiger partial charge in [0, 0.05) is 5.92 Å². The topological polar surface area (TPSA) is 74.6 Å². The molecule has 1 unspecified atom stereocenters. The van der Waals surface area contributed by atoms with E-state index in [1.54, 1.807) is 30.3 Å². The van der Waals surface area contributed by atoms with E-state index in [2.05, 4.69) is 6.58 Å². The van der Waals surface area contributed by atoms with Crippen LogP contribution in [0, 0.1) is 5.92 Å². The lowest BCUT2D eigenvalue weighted by Gasteiger charge is -2.19. The maximum Gasteiger partial charge on any atom is 0.318 e. The van der Waals surface area contributed by atoms with Gasteiger partial charge in [-0.15, -0.1) is 6.58 Å². The van der Waals surface area contributed by atoms with Crippen LogP contribution in [0.2, 0.25) is 0 Å².